The highest BCUT2D eigenvalue weighted by Crippen LogP contribution is 2.15. The van der Waals surface area contributed by atoms with Crippen LogP contribution in [-0.2, 0) is 15.3 Å². The molecule has 0 spiro atoms. The first-order valence-electron chi connectivity index (χ1n) is 6.04. The smallest absolute Gasteiger partial charge is 0.230 e. The molecule has 100 valence electrons. The summed E-state index contributed by atoms with van der Waals surface area (Å²) in [6.07, 6.45) is 0. The number of rotatable bonds is 7. The van der Waals surface area contributed by atoms with Crippen molar-refractivity contribution < 1.29 is 9.53 Å². The number of amides is 1. The molecule has 0 aliphatic carbocycles. The van der Waals surface area contributed by atoms with Gasteiger partial charge in [-0.1, -0.05) is 24.3 Å². The zero-order valence-electron chi connectivity index (χ0n) is 11.2. The molecule has 0 saturated carbocycles. The molecule has 0 unspecified atom stereocenters. The van der Waals surface area contributed by atoms with E-state index in [1.165, 1.54) is 11.1 Å². The Bertz CT molecular complexity index is 382. The number of benzene rings is 1. The molecule has 0 heterocycles. The van der Waals surface area contributed by atoms with Gasteiger partial charge in [0.2, 0.25) is 5.91 Å². The van der Waals surface area contributed by atoms with Gasteiger partial charge in [-0.25, -0.2) is 0 Å². The number of thioether (sulfide) groups is 1. The lowest BCUT2D eigenvalue weighted by molar-refractivity contribution is -0.119. The lowest BCUT2D eigenvalue weighted by atomic mass is 10.1. The van der Waals surface area contributed by atoms with E-state index < -0.39 is 0 Å². The highest BCUT2D eigenvalue weighted by atomic mass is 32.2. The monoisotopic (exact) mass is 267 g/mol. The number of aryl methyl sites for hydroxylation is 1. The maximum atomic E-state index is 11.6. The third-order valence-corrected chi connectivity index (χ3v) is 3.56. The first-order valence-corrected chi connectivity index (χ1v) is 7.19. The van der Waals surface area contributed by atoms with Crippen LogP contribution in [0.15, 0.2) is 24.3 Å². The van der Waals surface area contributed by atoms with Crippen LogP contribution in [0.2, 0.25) is 0 Å². The van der Waals surface area contributed by atoms with Crippen molar-refractivity contribution in [3.8, 4) is 0 Å². The molecule has 0 bridgehead atoms. The summed E-state index contributed by atoms with van der Waals surface area (Å²) in [5.41, 5.74) is 2.57. The average Bonchev–Trinajstić information content (AvgIpc) is 2.31. The van der Waals surface area contributed by atoms with Gasteiger partial charge in [0, 0.05) is 18.9 Å². The van der Waals surface area contributed by atoms with Crippen molar-refractivity contribution in [2.24, 2.45) is 0 Å². The molecule has 0 aliphatic heterocycles. The molecule has 1 atom stereocenters. The quantitative estimate of drug-likeness (QED) is 0.824. The third kappa shape index (κ3) is 5.56. The first kappa shape index (κ1) is 15.1. The first-order chi connectivity index (χ1) is 8.63. The summed E-state index contributed by atoms with van der Waals surface area (Å²) >= 11 is 1.64. The summed E-state index contributed by atoms with van der Waals surface area (Å²) in [4.78, 5) is 11.6. The summed E-state index contributed by atoms with van der Waals surface area (Å²) in [6, 6.07) is 8.33. The predicted octanol–water partition coefficient (Wildman–Crippen LogP) is 2.38. The zero-order valence-corrected chi connectivity index (χ0v) is 12.0. The van der Waals surface area contributed by atoms with Crippen molar-refractivity contribution in [3.05, 3.63) is 35.4 Å². The van der Waals surface area contributed by atoms with Gasteiger partial charge in [0.1, 0.15) is 0 Å². The molecule has 3 nitrogen and oxygen atoms in total. The predicted molar refractivity (Wildman–Crippen MR) is 76.8 cm³/mol. The molecule has 0 fully saturated rings. The second-order valence-corrected chi connectivity index (χ2v) is 5.33. The van der Waals surface area contributed by atoms with Crippen molar-refractivity contribution in [2.45, 2.75) is 25.6 Å². The summed E-state index contributed by atoms with van der Waals surface area (Å²) in [7, 11) is 1.63. The Kier molecular flexibility index (Phi) is 6.83. The Morgan fingerprint density at radius 2 is 2.17 bits per heavy atom. The number of hydrogen-bond acceptors (Lipinski definition) is 3. The Morgan fingerprint density at radius 3 is 2.83 bits per heavy atom. The minimum atomic E-state index is 0.0677. The highest BCUT2D eigenvalue weighted by molar-refractivity contribution is 7.99. The van der Waals surface area contributed by atoms with Crippen molar-refractivity contribution in [2.75, 3.05) is 19.5 Å². The summed E-state index contributed by atoms with van der Waals surface area (Å²) in [5, 5.41) is 2.90. The molecule has 0 aliphatic rings. The van der Waals surface area contributed by atoms with Gasteiger partial charge < -0.3 is 10.1 Å². The minimum Gasteiger partial charge on any atom is -0.383 e. The Hall–Kier alpha value is -1.00. The van der Waals surface area contributed by atoms with Crippen LogP contribution >= 0.6 is 11.8 Å². The fraction of sp³-hybridized carbons (Fsp3) is 0.500. The zero-order chi connectivity index (χ0) is 13.4. The molecule has 1 rings (SSSR count). The molecular formula is C14H21NO2S. The van der Waals surface area contributed by atoms with E-state index in [2.05, 4.69) is 24.4 Å². The Labute approximate surface area is 113 Å². The van der Waals surface area contributed by atoms with Crippen molar-refractivity contribution >= 4 is 17.7 Å². The van der Waals surface area contributed by atoms with Crippen molar-refractivity contribution in [3.63, 3.8) is 0 Å². The molecule has 1 N–H and O–H groups in total. The van der Waals surface area contributed by atoms with E-state index in [1.807, 2.05) is 19.1 Å². The average molecular weight is 267 g/mol. The van der Waals surface area contributed by atoms with Gasteiger partial charge in [-0.3, -0.25) is 4.79 Å². The van der Waals surface area contributed by atoms with Gasteiger partial charge in [-0.2, -0.15) is 0 Å². The fourth-order valence-corrected chi connectivity index (χ4v) is 2.55. The van der Waals surface area contributed by atoms with Gasteiger partial charge >= 0.3 is 0 Å². The summed E-state index contributed by atoms with van der Waals surface area (Å²) < 4.78 is 4.97. The molecule has 4 heteroatoms. The lowest BCUT2D eigenvalue weighted by Crippen LogP contribution is -2.36. The number of carbonyl (C=O) groups excluding carboxylic acids is 1. The number of hydrogen-bond donors (Lipinski definition) is 1. The van der Waals surface area contributed by atoms with E-state index in [9.17, 15) is 4.79 Å². The SMILES string of the molecule is COC[C@H](C)NC(=O)CSCc1ccccc1C. The molecule has 1 aromatic carbocycles. The topological polar surface area (TPSA) is 38.3 Å². The molecular weight excluding hydrogens is 246 g/mol. The van der Waals surface area contributed by atoms with E-state index in [1.54, 1.807) is 18.9 Å². The second kappa shape index (κ2) is 8.16. The third-order valence-electron chi connectivity index (χ3n) is 2.58. The molecule has 0 aromatic heterocycles. The summed E-state index contributed by atoms with van der Waals surface area (Å²) in [6.45, 7) is 4.58. The van der Waals surface area contributed by atoms with E-state index in [0.717, 1.165) is 5.75 Å². The van der Waals surface area contributed by atoms with Crippen LogP contribution in [0, 0.1) is 6.92 Å². The fourth-order valence-electron chi connectivity index (χ4n) is 1.63. The van der Waals surface area contributed by atoms with Crippen LogP contribution in [-0.4, -0.2) is 31.4 Å². The van der Waals surface area contributed by atoms with Crippen LogP contribution in [0.4, 0.5) is 0 Å². The van der Waals surface area contributed by atoms with Gasteiger partial charge in [0.15, 0.2) is 0 Å². The normalized spacial score (nSPS) is 12.2. The number of nitrogens with one attached hydrogen (secondary N) is 1. The largest absolute Gasteiger partial charge is 0.383 e. The summed E-state index contributed by atoms with van der Waals surface area (Å²) in [5.74, 6) is 1.43. The second-order valence-electron chi connectivity index (χ2n) is 4.34. The van der Waals surface area contributed by atoms with Crippen LogP contribution < -0.4 is 5.32 Å². The van der Waals surface area contributed by atoms with Gasteiger partial charge in [0.25, 0.3) is 0 Å². The van der Waals surface area contributed by atoms with E-state index in [-0.39, 0.29) is 11.9 Å². The van der Waals surface area contributed by atoms with Crippen LogP contribution in [0.5, 0.6) is 0 Å². The molecule has 1 amide bonds. The van der Waals surface area contributed by atoms with Gasteiger partial charge in [-0.05, 0) is 25.0 Å². The van der Waals surface area contributed by atoms with E-state index in [0.29, 0.717) is 12.4 Å². The van der Waals surface area contributed by atoms with E-state index >= 15 is 0 Å². The maximum Gasteiger partial charge on any atom is 0.230 e. The Morgan fingerprint density at radius 1 is 1.44 bits per heavy atom. The van der Waals surface area contributed by atoms with E-state index in [4.69, 9.17) is 4.74 Å². The number of carbonyl (C=O) groups is 1. The standard InChI is InChI=1S/C14H21NO2S/c1-11-6-4-5-7-13(11)9-18-10-14(16)15-12(2)8-17-3/h4-7,12H,8-10H2,1-3H3,(H,15,16)/t12-/m0/s1. The van der Waals surface area contributed by atoms with Gasteiger partial charge in [-0.15, -0.1) is 11.8 Å². The molecule has 18 heavy (non-hydrogen) atoms. The van der Waals surface area contributed by atoms with Gasteiger partial charge in [0.05, 0.1) is 12.4 Å². The molecule has 0 saturated heterocycles. The lowest BCUT2D eigenvalue weighted by Gasteiger charge is -2.12. The molecule has 0 radical (unpaired) electrons. The Balaban J connectivity index is 2.25. The maximum absolute atomic E-state index is 11.6. The number of methoxy groups -OCH3 is 1. The minimum absolute atomic E-state index is 0.0677. The van der Waals surface area contributed by atoms with Crippen molar-refractivity contribution in [1.29, 1.82) is 0 Å². The number of ether oxygens (including phenoxy) is 1. The van der Waals surface area contributed by atoms with Crippen LogP contribution in [0.1, 0.15) is 18.1 Å². The highest BCUT2D eigenvalue weighted by Gasteiger charge is 2.07. The van der Waals surface area contributed by atoms with Crippen LogP contribution in [0.3, 0.4) is 0 Å². The molecule has 1 aromatic rings. The van der Waals surface area contributed by atoms with Crippen LogP contribution in [0.25, 0.3) is 0 Å². The van der Waals surface area contributed by atoms with Crippen molar-refractivity contribution in [1.82, 2.24) is 5.32 Å².